The van der Waals surface area contributed by atoms with E-state index in [1.807, 2.05) is 0 Å². The van der Waals surface area contributed by atoms with E-state index in [1.165, 1.54) is 0 Å². The molecule has 1 fully saturated rings. The minimum absolute atomic E-state index is 0.148. The fourth-order valence-electron chi connectivity index (χ4n) is 1.71. The highest BCUT2D eigenvalue weighted by atomic mass is 35.5. The van der Waals surface area contributed by atoms with Gasteiger partial charge in [-0.3, -0.25) is 10.1 Å². The van der Waals surface area contributed by atoms with Crippen molar-refractivity contribution in [3.8, 4) is 0 Å². The van der Waals surface area contributed by atoms with Crippen LogP contribution in [-0.2, 0) is 14.8 Å². The molecule has 0 radical (unpaired) electrons. The number of nitrogens with zero attached hydrogens (tertiary/aromatic N) is 1. The Kier molecular flexibility index (Phi) is 4.41. The van der Waals surface area contributed by atoms with E-state index in [-0.39, 0.29) is 14.6 Å². The Morgan fingerprint density at radius 1 is 1.58 bits per heavy atom. The van der Waals surface area contributed by atoms with Crippen molar-refractivity contribution in [1.82, 2.24) is 4.72 Å². The van der Waals surface area contributed by atoms with Gasteiger partial charge in [0.05, 0.1) is 11.5 Å². The fourth-order valence-corrected chi connectivity index (χ4v) is 4.64. The average Bonchev–Trinajstić information content (AvgIpc) is 2.73. The van der Waals surface area contributed by atoms with Crippen LogP contribution in [0.25, 0.3) is 0 Å². The van der Waals surface area contributed by atoms with Crippen molar-refractivity contribution >= 4 is 38.6 Å². The van der Waals surface area contributed by atoms with E-state index in [0.717, 1.165) is 12.5 Å². The molecule has 0 saturated carbocycles. The van der Waals surface area contributed by atoms with Crippen molar-refractivity contribution in [2.45, 2.75) is 23.1 Å². The Bertz CT molecular complexity index is 579. The lowest BCUT2D eigenvalue weighted by Crippen LogP contribution is -2.40. The zero-order chi connectivity index (χ0) is 14.0. The zero-order valence-corrected chi connectivity index (χ0v) is 12.1. The Labute approximate surface area is 118 Å². The van der Waals surface area contributed by atoms with Gasteiger partial charge >= 0.3 is 0 Å². The molecule has 1 saturated heterocycles. The van der Waals surface area contributed by atoms with E-state index in [9.17, 15) is 18.5 Å². The Morgan fingerprint density at radius 3 is 2.84 bits per heavy atom. The van der Waals surface area contributed by atoms with Crippen LogP contribution in [-0.4, -0.2) is 32.6 Å². The second kappa shape index (κ2) is 5.71. The molecule has 1 aliphatic rings. The molecule has 2 heterocycles. The first-order valence-corrected chi connectivity index (χ1v) is 8.12. The third kappa shape index (κ3) is 3.42. The lowest BCUT2D eigenvalue weighted by atomic mass is 10.1. The van der Waals surface area contributed by atoms with Crippen molar-refractivity contribution in [3.05, 3.63) is 20.5 Å². The summed E-state index contributed by atoms with van der Waals surface area (Å²) < 4.78 is 31.4. The number of hydrogen-bond acceptors (Lipinski definition) is 6. The molecule has 2 rings (SSSR count). The van der Waals surface area contributed by atoms with Crippen LogP contribution in [0.15, 0.2) is 10.3 Å². The van der Waals surface area contributed by atoms with Crippen LogP contribution >= 0.6 is 22.9 Å². The molecule has 1 N–H and O–H groups in total. The van der Waals surface area contributed by atoms with Gasteiger partial charge in [-0.05, 0) is 12.8 Å². The number of halogens is 1. The first-order valence-electron chi connectivity index (χ1n) is 5.44. The molecule has 0 spiro atoms. The van der Waals surface area contributed by atoms with Gasteiger partial charge in [-0.1, -0.05) is 11.6 Å². The smallest absolute Gasteiger partial charge is 0.300 e. The summed E-state index contributed by atoms with van der Waals surface area (Å²) in [6.07, 6.45) is 1.46. The number of ether oxygens (including phenoxy) is 1. The molecule has 1 unspecified atom stereocenters. The SMILES string of the molecule is O=[N+]([O-])c1cc(S(=O)(=O)NC2CCCOC2)sc1Cl. The van der Waals surface area contributed by atoms with Crippen LogP contribution < -0.4 is 4.72 Å². The molecule has 1 aromatic rings. The second-order valence-corrected chi connectivity index (χ2v) is 7.61. The van der Waals surface area contributed by atoms with E-state index < -0.39 is 20.6 Å². The number of sulfonamides is 1. The van der Waals surface area contributed by atoms with Gasteiger partial charge in [0.2, 0.25) is 0 Å². The maximum Gasteiger partial charge on any atom is 0.300 e. The third-order valence-electron chi connectivity index (χ3n) is 2.59. The maximum absolute atomic E-state index is 12.1. The van der Waals surface area contributed by atoms with E-state index in [0.29, 0.717) is 31.0 Å². The Hall–Kier alpha value is -0.740. The summed E-state index contributed by atoms with van der Waals surface area (Å²) in [4.78, 5) is 9.94. The molecular weight excluding hydrogens is 316 g/mol. The monoisotopic (exact) mass is 326 g/mol. The summed E-state index contributed by atoms with van der Waals surface area (Å²) in [7, 11) is -3.80. The lowest BCUT2D eigenvalue weighted by Gasteiger charge is -2.22. The molecular formula is C9H11ClN2O5S2. The lowest BCUT2D eigenvalue weighted by molar-refractivity contribution is -0.384. The molecule has 10 heteroatoms. The van der Waals surface area contributed by atoms with Gasteiger partial charge < -0.3 is 4.74 Å². The van der Waals surface area contributed by atoms with E-state index in [2.05, 4.69) is 4.72 Å². The summed E-state index contributed by atoms with van der Waals surface area (Å²) in [5.74, 6) is 0. The maximum atomic E-state index is 12.1. The van der Waals surface area contributed by atoms with E-state index in [1.54, 1.807) is 0 Å². The van der Waals surface area contributed by atoms with Crippen LogP contribution in [0.1, 0.15) is 12.8 Å². The van der Waals surface area contributed by atoms with Crippen molar-refractivity contribution < 1.29 is 18.1 Å². The Morgan fingerprint density at radius 2 is 2.32 bits per heavy atom. The molecule has 106 valence electrons. The van der Waals surface area contributed by atoms with Crippen molar-refractivity contribution in [2.24, 2.45) is 0 Å². The normalized spacial score (nSPS) is 20.4. The van der Waals surface area contributed by atoms with Crippen molar-refractivity contribution in [3.63, 3.8) is 0 Å². The molecule has 7 nitrogen and oxygen atoms in total. The van der Waals surface area contributed by atoms with Crippen molar-refractivity contribution in [2.75, 3.05) is 13.2 Å². The number of rotatable bonds is 4. The Balaban J connectivity index is 2.19. The van der Waals surface area contributed by atoms with Crippen LogP contribution in [0.5, 0.6) is 0 Å². The summed E-state index contributed by atoms with van der Waals surface area (Å²) in [5, 5.41) is 10.6. The molecule has 0 bridgehead atoms. The number of nitro groups is 1. The van der Waals surface area contributed by atoms with Gasteiger partial charge in [0.25, 0.3) is 15.7 Å². The third-order valence-corrected chi connectivity index (χ3v) is 5.92. The minimum Gasteiger partial charge on any atom is -0.380 e. The topological polar surface area (TPSA) is 98.5 Å². The molecule has 19 heavy (non-hydrogen) atoms. The van der Waals surface area contributed by atoms with Crippen LogP contribution in [0.4, 0.5) is 5.69 Å². The first-order chi connectivity index (χ1) is 8.90. The molecule has 0 amide bonds. The minimum atomic E-state index is -3.80. The highest BCUT2D eigenvalue weighted by molar-refractivity contribution is 7.91. The first kappa shape index (κ1) is 14.7. The predicted octanol–water partition coefficient (Wildman–Crippen LogP) is 1.77. The summed E-state index contributed by atoms with van der Waals surface area (Å²) in [5.41, 5.74) is -0.396. The van der Waals surface area contributed by atoms with Crippen LogP contribution in [0.3, 0.4) is 0 Å². The molecule has 1 aromatic heterocycles. The summed E-state index contributed by atoms with van der Waals surface area (Å²) >= 11 is 6.32. The van der Waals surface area contributed by atoms with Gasteiger partial charge in [0.1, 0.15) is 4.21 Å². The van der Waals surface area contributed by atoms with Gasteiger partial charge in [0, 0.05) is 18.7 Å². The van der Waals surface area contributed by atoms with E-state index >= 15 is 0 Å². The summed E-state index contributed by atoms with van der Waals surface area (Å²) in [6, 6.07) is 0.664. The molecule has 1 aliphatic heterocycles. The van der Waals surface area contributed by atoms with Crippen molar-refractivity contribution in [1.29, 1.82) is 0 Å². The molecule has 0 aromatic carbocycles. The van der Waals surface area contributed by atoms with E-state index in [4.69, 9.17) is 16.3 Å². The zero-order valence-electron chi connectivity index (χ0n) is 9.67. The second-order valence-electron chi connectivity index (χ2n) is 4.02. The highest BCUT2D eigenvalue weighted by Crippen LogP contribution is 2.36. The number of thiophene rings is 1. The van der Waals surface area contributed by atoms with Gasteiger partial charge in [0.15, 0.2) is 4.34 Å². The number of hydrogen-bond donors (Lipinski definition) is 1. The molecule has 0 aliphatic carbocycles. The largest absolute Gasteiger partial charge is 0.380 e. The van der Waals surface area contributed by atoms with Crippen LogP contribution in [0.2, 0.25) is 4.34 Å². The highest BCUT2D eigenvalue weighted by Gasteiger charge is 2.28. The molecule has 1 atom stereocenters. The van der Waals surface area contributed by atoms with Crippen LogP contribution in [0, 0.1) is 10.1 Å². The van der Waals surface area contributed by atoms with Gasteiger partial charge in [-0.25, -0.2) is 13.1 Å². The average molecular weight is 327 g/mol. The standard InChI is InChI=1S/C9H11ClN2O5S2/c10-9-7(12(13)14)4-8(18-9)19(15,16)11-6-2-1-3-17-5-6/h4,6,11H,1-3,5H2. The number of nitrogens with one attached hydrogen (secondary N) is 1. The van der Waals surface area contributed by atoms with Gasteiger partial charge in [-0.2, -0.15) is 0 Å². The predicted molar refractivity (Wildman–Crippen MR) is 70.1 cm³/mol. The fraction of sp³-hybridized carbons (Fsp3) is 0.556. The van der Waals surface area contributed by atoms with Gasteiger partial charge in [-0.15, -0.1) is 11.3 Å². The quantitative estimate of drug-likeness (QED) is 0.671. The summed E-state index contributed by atoms with van der Waals surface area (Å²) in [6.45, 7) is 0.926.